The maximum absolute atomic E-state index is 12.3. The standard InChI is InChI=1S/C18H16ClF3N4OS/c1-26-16-5-13(19)2-3-14(16)15(6-23)17(26)12-4-11(7-24-9-12)8-25-28(27)10-18(20,21)22/h2-5,9,24-25H,7-8,10H2,1H3. The van der Waals surface area contributed by atoms with Gasteiger partial charge in [-0.2, -0.15) is 18.4 Å². The molecule has 0 amide bonds. The van der Waals surface area contributed by atoms with Crippen LogP contribution in [-0.2, 0) is 18.4 Å². The fourth-order valence-electron chi connectivity index (χ4n) is 3.09. The zero-order valence-corrected chi connectivity index (χ0v) is 16.3. The minimum atomic E-state index is -4.49. The third-order valence-corrected chi connectivity index (χ3v) is 5.54. The van der Waals surface area contributed by atoms with E-state index < -0.39 is 23.3 Å². The number of allylic oxidation sites excluding steroid dienone is 2. The molecule has 10 heteroatoms. The summed E-state index contributed by atoms with van der Waals surface area (Å²) in [5.74, 6) is -1.40. The fraction of sp³-hybridized carbons (Fsp3) is 0.278. The van der Waals surface area contributed by atoms with Crippen molar-refractivity contribution in [2.24, 2.45) is 7.05 Å². The van der Waals surface area contributed by atoms with Crippen LogP contribution in [0.5, 0.6) is 0 Å². The zero-order chi connectivity index (χ0) is 20.5. The first-order valence-electron chi connectivity index (χ1n) is 8.19. The molecule has 3 rings (SSSR count). The van der Waals surface area contributed by atoms with Crippen molar-refractivity contribution in [2.75, 3.05) is 18.8 Å². The van der Waals surface area contributed by atoms with Crippen molar-refractivity contribution in [1.29, 1.82) is 5.26 Å². The summed E-state index contributed by atoms with van der Waals surface area (Å²) in [6.45, 7) is 0.433. The highest BCUT2D eigenvalue weighted by atomic mass is 35.5. The molecule has 2 heterocycles. The van der Waals surface area contributed by atoms with Gasteiger partial charge in [-0.1, -0.05) is 11.6 Å². The van der Waals surface area contributed by atoms with E-state index in [0.29, 0.717) is 28.4 Å². The van der Waals surface area contributed by atoms with Crippen molar-refractivity contribution >= 4 is 39.4 Å². The second-order valence-corrected chi connectivity index (χ2v) is 7.97. The number of halogens is 4. The van der Waals surface area contributed by atoms with Crippen LogP contribution in [0.3, 0.4) is 0 Å². The Balaban J connectivity index is 1.87. The average molecular weight is 429 g/mol. The second-order valence-electron chi connectivity index (χ2n) is 6.27. The van der Waals surface area contributed by atoms with E-state index in [-0.39, 0.29) is 6.54 Å². The Bertz CT molecular complexity index is 1010. The smallest absolute Gasteiger partial charge is 0.435 e. The molecule has 0 aliphatic carbocycles. The number of benzene rings is 1. The van der Waals surface area contributed by atoms with Gasteiger partial charge in [-0.15, -0.1) is 4.72 Å². The van der Waals surface area contributed by atoms with E-state index in [2.05, 4.69) is 16.1 Å². The Morgan fingerprint density at radius 3 is 2.86 bits per heavy atom. The van der Waals surface area contributed by atoms with E-state index in [9.17, 15) is 23.0 Å². The number of rotatable bonds is 5. The lowest BCUT2D eigenvalue weighted by Crippen LogP contribution is -2.36. The van der Waals surface area contributed by atoms with Gasteiger partial charge in [0.25, 0.3) is 0 Å². The van der Waals surface area contributed by atoms with Gasteiger partial charge in [0.15, 0.2) is 0 Å². The van der Waals surface area contributed by atoms with Gasteiger partial charge in [-0.05, 0) is 29.8 Å². The Hall–Kier alpha value is -2.12. The Morgan fingerprint density at radius 2 is 2.18 bits per heavy atom. The average Bonchev–Trinajstić information content (AvgIpc) is 2.90. The Kier molecular flexibility index (Phi) is 5.95. The Morgan fingerprint density at radius 1 is 1.43 bits per heavy atom. The number of aromatic nitrogens is 1. The van der Waals surface area contributed by atoms with Crippen molar-refractivity contribution in [3.05, 3.63) is 52.3 Å². The van der Waals surface area contributed by atoms with E-state index in [0.717, 1.165) is 16.5 Å². The summed E-state index contributed by atoms with van der Waals surface area (Å²) in [6.07, 6.45) is -0.966. The lowest BCUT2D eigenvalue weighted by molar-refractivity contribution is -0.106. The summed E-state index contributed by atoms with van der Waals surface area (Å²) in [5, 5.41) is 14.0. The lowest BCUT2D eigenvalue weighted by atomic mass is 10.0. The Labute approximate surface area is 167 Å². The first-order valence-corrected chi connectivity index (χ1v) is 9.89. The molecule has 0 saturated carbocycles. The molecule has 0 bridgehead atoms. The third-order valence-electron chi connectivity index (χ3n) is 4.25. The van der Waals surface area contributed by atoms with Crippen molar-refractivity contribution < 1.29 is 17.7 Å². The molecule has 2 aromatic rings. The molecule has 0 fully saturated rings. The molecule has 28 heavy (non-hydrogen) atoms. The summed E-state index contributed by atoms with van der Waals surface area (Å²) in [6, 6.07) is 7.48. The first-order chi connectivity index (χ1) is 13.2. The van der Waals surface area contributed by atoms with Gasteiger partial charge >= 0.3 is 6.18 Å². The first kappa shape index (κ1) is 20.6. The van der Waals surface area contributed by atoms with Gasteiger partial charge < -0.3 is 14.4 Å². The normalized spacial score (nSPS) is 15.6. The predicted molar refractivity (Wildman–Crippen MR) is 104 cm³/mol. The van der Waals surface area contributed by atoms with E-state index >= 15 is 0 Å². The molecule has 1 aliphatic rings. The summed E-state index contributed by atoms with van der Waals surface area (Å²) < 4.78 is 52.7. The van der Waals surface area contributed by atoms with Crippen molar-refractivity contribution in [3.63, 3.8) is 0 Å². The van der Waals surface area contributed by atoms with Gasteiger partial charge in [0.2, 0.25) is 5.75 Å². The van der Waals surface area contributed by atoms with Crippen LogP contribution in [0.25, 0.3) is 16.5 Å². The number of dihydropyridines is 1. The molecule has 1 aliphatic heterocycles. The lowest BCUT2D eigenvalue weighted by Gasteiger charge is -2.18. The summed E-state index contributed by atoms with van der Waals surface area (Å²) in [5.41, 5.74) is 3.37. The van der Waals surface area contributed by atoms with E-state index in [1.807, 2.05) is 11.6 Å². The van der Waals surface area contributed by atoms with Crippen LogP contribution in [0.4, 0.5) is 13.2 Å². The number of hydrogen-bond acceptors (Lipinski definition) is 4. The molecular weight excluding hydrogens is 413 g/mol. The van der Waals surface area contributed by atoms with Gasteiger partial charge in [0, 0.05) is 47.1 Å². The molecule has 0 spiro atoms. The van der Waals surface area contributed by atoms with E-state index in [1.165, 1.54) is 0 Å². The van der Waals surface area contributed by atoms with Crippen LogP contribution >= 0.6 is 11.6 Å². The number of fused-ring (bicyclic) bond motifs is 1. The molecule has 148 valence electrons. The van der Waals surface area contributed by atoms with Gasteiger partial charge in [0.05, 0.1) is 23.3 Å². The molecule has 1 aromatic heterocycles. The minimum absolute atomic E-state index is 0.0324. The summed E-state index contributed by atoms with van der Waals surface area (Å²) in [7, 11) is 1.81. The van der Waals surface area contributed by atoms with Crippen molar-refractivity contribution in [3.8, 4) is 6.07 Å². The number of aryl methyl sites for hydroxylation is 1. The van der Waals surface area contributed by atoms with Gasteiger partial charge in [-0.25, -0.2) is 0 Å². The molecule has 1 atom stereocenters. The van der Waals surface area contributed by atoms with Crippen LogP contribution in [-0.4, -0.2) is 34.1 Å². The zero-order valence-electron chi connectivity index (χ0n) is 14.7. The minimum Gasteiger partial charge on any atom is -0.598 e. The topological polar surface area (TPSA) is 75.8 Å². The number of nitriles is 1. The van der Waals surface area contributed by atoms with Crippen LogP contribution in [0.1, 0.15) is 11.3 Å². The molecule has 0 saturated heterocycles. The molecule has 2 N–H and O–H groups in total. The molecule has 1 aromatic carbocycles. The number of hydrogen-bond donors (Lipinski definition) is 2. The largest absolute Gasteiger partial charge is 0.598 e. The van der Waals surface area contributed by atoms with Crippen molar-refractivity contribution in [2.45, 2.75) is 6.18 Å². The highest BCUT2D eigenvalue weighted by Crippen LogP contribution is 2.32. The summed E-state index contributed by atoms with van der Waals surface area (Å²) >= 11 is 3.86. The van der Waals surface area contributed by atoms with Crippen LogP contribution in [0, 0.1) is 11.3 Å². The molecule has 0 radical (unpaired) electrons. The fourth-order valence-corrected chi connectivity index (χ4v) is 4.00. The second kappa shape index (κ2) is 8.09. The monoisotopic (exact) mass is 428 g/mol. The highest BCUT2D eigenvalue weighted by molar-refractivity contribution is 7.89. The molecule has 5 nitrogen and oxygen atoms in total. The predicted octanol–water partition coefficient (Wildman–Crippen LogP) is 3.39. The van der Waals surface area contributed by atoms with Gasteiger partial charge in [-0.3, -0.25) is 0 Å². The quantitative estimate of drug-likeness (QED) is 0.716. The number of nitrogens with one attached hydrogen (secondary N) is 2. The number of nitrogens with zero attached hydrogens (tertiary/aromatic N) is 2. The maximum Gasteiger partial charge on any atom is 0.435 e. The maximum atomic E-state index is 12.3. The van der Waals surface area contributed by atoms with Crippen LogP contribution < -0.4 is 10.0 Å². The summed E-state index contributed by atoms with van der Waals surface area (Å²) in [4.78, 5) is 0. The highest BCUT2D eigenvalue weighted by Gasteiger charge is 2.35. The molecular formula is C18H16ClF3N4OS. The molecule has 1 unspecified atom stereocenters. The van der Waals surface area contributed by atoms with E-state index in [1.54, 1.807) is 30.5 Å². The number of alkyl halides is 3. The van der Waals surface area contributed by atoms with Crippen LogP contribution in [0.15, 0.2) is 36.0 Å². The van der Waals surface area contributed by atoms with Crippen molar-refractivity contribution in [1.82, 2.24) is 14.6 Å². The SMILES string of the molecule is Cn1c(C2=CNCC(CN[S+]([O-])CC(F)(F)F)=C2)c(C#N)c2ccc(Cl)cc21. The van der Waals surface area contributed by atoms with Gasteiger partial charge in [0.1, 0.15) is 6.07 Å². The third kappa shape index (κ3) is 4.47. The van der Waals surface area contributed by atoms with E-state index in [4.69, 9.17) is 11.6 Å². The van der Waals surface area contributed by atoms with Crippen LogP contribution in [0.2, 0.25) is 5.02 Å².